The molecule has 5 nitrogen and oxygen atoms in total. The minimum Gasteiger partial charge on any atom is -0.399 e. The third kappa shape index (κ3) is 2.84. The van der Waals surface area contributed by atoms with Crippen molar-refractivity contribution in [3.8, 4) is 0 Å². The first kappa shape index (κ1) is 11.2. The highest BCUT2D eigenvalue weighted by Gasteiger charge is 2.03. The molecule has 0 amide bonds. The Kier molecular flexibility index (Phi) is 3.09. The quantitative estimate of drug-likeness (QED) is 0.771. The van der Waals surface area contributed by atoms with Crippen LogP contribution in [0.5, 0.6) is 0 Å². The van der Waals surface area contributed by atoms with Crippen LogP contribution in [-0.2, 0) is 6.54 Å². The van der Waals surface area contributed by atoms with E-state index in [0.29, 0.717) is 12.4 Å². The lowest BCUT2D eigenvalue weighted by Crippen LogP contribution is -2.20. The maximum Gasteiger partial charge on any atom is 0.252 e. The van der Waals surface area contributed by atoms with Gasteiger partial charge in [0.15, 0.2) is 0 Å². The number of hydrogen-bond acceptors (Lipinski definition) is 4. The summed E-state index contributed by atoms with van der Waals surface area (Å²) < 4.78 is 0. The number of aromatic amines is 1. The zero-order valence-corrected chi connectivity index (χ0v) is 9.55. The number of aromatic nitrogens is 2. The molecule has 2 rings (SSSR count). The fourth-order valence-electron chi connectivity index (χ4n) is 1.54. The molecule has 1 aromatic heterocycles. The highest BCUT2D eigenvalue weighted by molar-refractivity contribution is 5.42. The zero-order valence-electron chi connectivity index (χ0n) is 9.55. The molecule has 88 valence electrons. The van der Waals surface area contributed by atoms with Crippen LogP contribution in [0.2, 0.25) is 0 Å². The van der Waals surface area contributed by atoms with Crippen LogP contribution in [0.15, 0.2) is 41.5 Å². The Hall–Kier alpha value is -2.30. The van der Waals surface area contributed by atoms with Gasteiger partial charge in [-0.15, -0.1) is 0 Å². The Morgan fingerprint density at radius 3 is 2.71 bits per heavy atom. The van der Waals surface area contributed by atoms with Crippen LogP contribution < -0.4 is 16.2 Å². The van der Waals surface area contributed by atoms with Crippen LogP contribution in [0.25, 0.3) is 0 Å². The minimum absolute atomic E-state index is 0.154. The first-order valence-corrected chi connectivity index (χ1v) is 5.25. The summed E-state index contributed by atoms with van der Waals surface area (Å²) in [5.41, 5.74) is 7.32. The SMILES string of the molecule is CN(Cc1ccc(N)cc1)c1cc(=O)[nH]cn1. The van der Waals surface area contributed by atoms with Crippen LogP contribution in [0, 0.1) is 0 Å². The maximum absolute atomic E-state index is 11.2. The van der Waals surface area contributed by atoms with Crippen LogP contribution in [0.4, 0.5) is 11.5 Å². The summed E-state index contributed by atoms with van der Waals surface area (Å²) in [5.74, 6) is 0.644. The van der Waals surface area contributed by atoms with Crippen molar-refractivity contribution in [2.75, 3.05) is 17.7 Å². The largest absolute Gasteiger partial charge is 0.399 e. The Bertz CT molecular complexity index is 547. The van der Waals surface area contributed by atoms with Crippen LogP contribution >= 0.6 is 0 Å². The predicted molar refractivity (Wildman–Crippen MR) is 67.8 cm³/mol. The molecular formula is C12H14N4O. The molecule has 17 heavy (non-hydrogen) atoms. The molecule has 0 atom stereocenters. The number of H-pyrrole nitrogens is 1. The van der Waals surface area contributed by atoms with Gasteiger partial charge in [-0.05, 0) is 17.7 Å². The van der Waals surface area contributed by atoms with Gasteiger partial charge in [0.25, 0.3) is 5.56 Å². The number of nitrogens with one attached hydrogen (secondary N) is 1. The monoisotopic (exact) mass is 230 g/mol. The first-order chi connectivity index (χ1) is 8.15. The van der Waals surface area contributed by atoms with Gasteiger partial charge in [-0.2, -0.15) is 0 Å². The van der Waals surface area contributed by atoms with Gasteiger partial charge in [-0.3, -0.25) is 4.79 Å². The molecule has 0 aliphatic rings. The molecule has 3 N–H and O–H groups in total. The van der Waals surface area contributed by atoms with Crippen LogP contribution in [0.3, 0.4) is 0 Å². The summed E-state index contributed by atoms with van der Waals surface area (Å²) in [6, 6.07) is 9.10. The summed E-state index contributed by atoms with van der Waals surface area (Å²) in [6.07, 6.45) is 1.40. The number of nitrogens with zero attached hydrogens (tertiary/aromatic N) is 2. The second-order valence-electron chi connectivity index (χ2n) is 3.87. The average molecular weight is 230 g/mol. The van der Waals surface area contributed by atoms with Gasteiger partial charge < -0.3 is 15.6 Å². The van der Waals surface area contributed by atoms with Crippen LogP contribution in [0.1, 0.15) is 5.56 Å². The van der Waals surface area contributed by atoms with Gasteiger partial charge in [0, 0.05) is 25.3 Å². The van der Waals surface area contributed by atoms with E-state index in [0.717, 1.165) is 11.3 Å². The number of anilines is 2. The number of benzene rings is 1. The molecule has 0 spiro atoms. The molecule has 0 aliphatic carbocycles. The normalized spacial score (nSPS) is 10.2. The smallest absolute Gasteiger partial charge is 0.252 e. The van der Waals surface area contributed by atoms with E-state index < -0.39 is 0 Å². The van der Waals surface area contributed by atoms with E-state index >= 15 is 0 Å². The fourth-order valence-corrected chi connectivity index (χ4v) is 1.54. The first-order valence-electron chi connectivity index (χ1n) is 5.25. The lowest BCUT2D eigenvalue weighted by Gasteiger charge is -2.17. The lowest BCUT2D eigenvalue weighted by molar-refractivity contribution is 0.887. The van der Waals surface area contributed by atoms with E-state index in [1.165, 1.54) is 12.4 Å². The highest BCUT2D eigenvalue weighted by Crippen LogP contribution is 2.11. The Balaban J connectivity index is 2.14. The van der Waals surface area contributed by atoms with E-state index in [1.807, 2.05) is 36.2 Å². The van der Waals surface area contributed by atoms with Crippen molar-refractivity contribution in [2.45, 2.75) is 6.54 Å². The van der Waals surface area contributed by atoms with Crippen molar-refractivity contribution in [3.05, 3.63) is 52.6 Å². The van der Waals surface area contributed by atoms with Gasteiger partial charge >= 0.3 is 0 Å². The third-order valence-corrected chi connectivity index (χ3v) is 2.45. The van der Waals surface area contributed by atoms with E-state index in [-0.39, 0.29) is 5.56 Å². The summed E-state index contributed by atoms with van der Waals surface area (Å²) >= 11 is 0. The predicted octanol–water partition coefficient (Wildman–Crippen LogP) is 0.989. The molecule has 0 saturated heterocycles. The Morgan fingerprint density at radius 2 is 2.06 bits per heavy atom. The minimum atomic E-state index is -0.154. The number of nitrogen functional groups attached to an aromatic ring is 1. The molecule has 1 heterocycles. The standard InChI is InChI=1S/C12H14N4O/c1-16(11-6-12(17)15-8-14-11)7-9-2-4-10(13)5-3-9/h2-6,8H,7,13H2,1H3,(H,14,15,17). The number of rotatable bonds is 3. The van der Waals surface area contributed by atoms with Crippen molar-refractivity contribution in [3.63, 3.8) is 0 Å². The van der Waals surface area contributed by atoms with Crippen molar-refractivity contribution >= 4 is 11.5 Å². The van der Waals surface area contributed by atoms with Crippen molar-refractivity contribution < 1.29 is 0 Å². The van der Waals surface area contributed by atoms with E-state index in [1.54, 1.807) is 0 Å². The fraction of sp³-hybridized carbons (Fsp3) is 0.167. The second kappa shape index (κ2) is 4.69. The zero-order chi connectivity index (χ0) is 12.3. The van der Waals surface area contributed by atoms with Crippen molar-refractivity contribution in [1.82, 2.24) is 9.97 Å². The second-order valence-corrected chi connectivity index (χ2v) is 3.87. The molecule has 2 aromatic rings. The van der Waals surface area contributed by atoms with E-state index in [4.69, 9.17) is 5.73 Å². The van der Waals surface area contributed by atoms with Gasteiger partial charge in [0.2, 0.25) is 0 Å². The highest BCUT2D eigenvalue weighted by atomic mass is 16.1. The summed E-state index contributed by atoms with van der Waals surface area (Å²) in [5, 5.41) is 0. The molecule has 5 heteroatoms. The van der Waals surface area contributed by atoms with Crippen LogP contribution in [-0.4, -0.2) is 17.0 Å². The van der Waals surface area contributed by atoms with Crippen molar-refractivity contribution in [2.24, 2.45) is 0 Å². The molecule has 0 radical (unpaired) electrons. The molecular weight excluding hydrogens is 216 g/mol. The number of nitrogens with two attached hydrogens (primary N) is 1. The van der Waals surface area contributed by atoms with Gasteiger partial charge in [-0.1, -0.05) is 12.1 Å². The molecule has 0 unspecified atom stereocenters. The topological polar surface area (TPSA) is 75.0 Å². The summed E-state index contributed by atoms with van der Waals surface area (Å²) in [7, 11) is 1.89. The molecule has 0 bridgehead atoms. The molecule has 0 saturated carbocycles. The van der Waals surface area contributed by atoms with Gasteiger partial charge in [0.05, 0.1) is 6.33 Å². The Labute approximate surface area is 98.9 Å². The lowest BCUT2D eigenvalue weighted by atomic mass is 10.2. The maximum atomic E-state index is 11.2. The van der Waals surface area contributed by atoms with Gasteiger partial charge in [-0.25, -0.2) is 4.98 Å². The average Bonchev–Trinajstić information content (AvgIpc) is 2.32. The third-order valence-electron chi connectivity index (χ3n) is 2.45. The van der Waals surface area contributed by atoms with E-state index in [9.17, 15) is 4.79 Å². The molecule has 0 aliphatic heterocycles. The summed E-state index contributed by atoms with van der Waals surface area (Å²) in [6.45, 7) is 0.677. The Morgan fingerprint density at radius 1 is 1.35 bits per heavy atom. The molecule has 1 aromatic carbocycles. The summed E-state index contributed by atoms with van der Waals surface area (Å²) in [4.78, 5) is 19.6. The van der Waals surface area contributed by atoms with E-state index in [2.05, 4.69) is 9.97 Å². The molecule has 0 fully saturated rings. The van der Waals surface area contributed by atoms with Gasteiger partial charge in [0.1, 0.15) is 5.82 Å². The van der Waals surface area contributed by atoms with Crippen molar-refractivity contribution in [1.29, 1.82) is 0 Å². The number of hydrogen-bond donors (Lipinski definition) is 2.